The second kappa shape index (κ2) is 4.14. The van der Waals surface area contributed by atoms with Crippen molar-refractivity contribution in [2.24, 2.45) is 29.1 Å². The van der Waals surface area contributed by atoms with Crippen molar-refractivity contribution in [3.05, 3.63) is 0 Å². The number of rotatable bonds is 2. The van der Waals surface area contributed by atoms with Crippen molar-refractivity contribution in [1.29, 1.82) is 0 Å². The summed E-state index contributed by atoms with van der Waals surface area (Å²) in [6.07, 6.45) is 4.12. The van der Waals surface area contributed by atoms with Crippen LogP contribution in [0.25, 0.3) is 0 Å². The van der Waals surface area contributed by atoms with Gasteiger partial charge in [-0.05, 0) is 42.4 Å². The summed E-state index contributed by atoms with van der Waals surface area (Å²) in [7, 11) is 0. The fourth-order valence-corrected chi connectivity index (χ4v) is 4.46. The number of ketones is 1. The van der Waals surface area contributed by atoms with Crippen LogP contribution in [0.15, 0.2) is 0 Å². The van der Waals surface area contributed by atoms with Crippen LogP contribution in [0.4, 0.5) is 0 Å². The van der Waals surface area contributed by atoms with E-state index in [0.717, 1.165) is 19.3 Å². The Kier molecular flexibility index (Phi) is 3.13. The second-order valence-electron chi connectivity index (χ2n) is 6.38. The average molecular weight is 224 g/mol. The minimum atomic E-state index is 0.164. The SMILES string of the molecule is C[C@H]1CC(=O)[C@@H]2CC[C@H]([C@H](C)CO)[C@@]2(C)C1. The van der Waals surface area contributed by atoms with Gasteiger partial charge in [0.25, 0.3) is 0 Å². The minimum Gasteiger partial charge on any atom is -0.396 e. The molecule has 2 heteroatoms. The molecule has 2 fully saturated rings. The molecule has 0 saturated heterocycles. The lowest BCUT2D eigenvalue weighted by Crippen LogP contribution is -2.42. The van der Waals surface area contributed by atoms with Gasteiger partial charge in [0.2, 0.25) is 0 Å². The lowest BCUT2D eigenvalue weighted by atomic mass is 9.60. The summed E-state index contributed by atoms with van der Waals surface area (Å²) in [6.45, 7) is 6.87. The van der Waals surface area contributed by atoms with Crippen LogP contribution in [0.3, 0.4) is 0 Å². The highest BCUT2D eigenvalue weighted by molar-refractivity contribution is 5.83. The highest BCUT2D eigenvalue weighted by atomic mass is 16.3. The van der Waals surface area contributed by atoms with Gasteiger partial charge in [0.15, 0.2) is 0 Å². The zero-order valence-corrected chi connectivity index (χ0v) is 10.7. The molecule has 5 atom stereocenters. The predicted molar refractivity (Wildman–Crippen MR) is 64.0 cm³/mol. The van der Waals surface area contributed by atoms with E-state index < -0.39 is 0 Å². The first-order valence-corrected chi connectivity index (χ1v) is 6.62. The van der Waals surface area contributed by atoms with E-state index in [1.165, 1.54) is 6.42 Å². The molecule has 0 aliphatic heterocycles. The summed E-state index contributed by atoms with van der Waals surface area (Å²) in [5.74, 6) is 2.17. The number of hydrogen-bond donors (Lipinski definition) is 1. The first-order chi connectivity index (χ1) is 7.49. The van der Waals surface area contributed by atoms with Gasteiger partial charge in [-0.15, -0.1) is 0 Å². The van der Waals surface area contributed by atoms with Gasteiger partial charge < -0.3 is 5.11 Å². The molecular weight excluding hydrogens is 200 g/mol. The van der Waals surface area contributed by atoms with Gasteiger partial charge in [-0.1, -0.05) is 20.8 Å². The fraction of sp³-hybridized carbons (Fsp3) is 0.929. The summed E-state index contributed by atoms with van der Waals surface area (Å²) in [5, 5.41) is 9.35. The largest absolute Gasteiger partial charge is 0.396 e. The maximum absolute atomic E-state index is 12.1. The molecule has 0 amide bonds. The van der Waals surface area contributed by atoms with Crippen LogP contribution in [0, 0.1) is 29.1 Å². The number of aliphatic hydroxyl groups is 1. The first kappa shape index (κ1) is 12.1. The molecule has 0 radical (unpaired) electrons. The lowest BCUT2D eigenvalue weighted by Gasteiger charge is -2.44. The summed E-state index contributed by atoms with van der Waals surface area (Å²) in [5.41, 5.74) is 0.164. The Hall–Kier alpha value is -0.370. The van der Waals surface area contributed by atoms with Gasteiger partial charge in [0, 0.05) is 18.9 Å². The van der Waals surface area contributed by atoms with E-state index in [1.54, 1.807) is 0 Å². The summed E-state index contributed by atoms with van der Waals surface area (Å²) in [6, 6.07) is 0. The number of hydrogen-bond acceptors (Lipinski definition) is 2. The van der Waals surface area contributed by atoms with Gasteiger partial charge in [-0.2, -0.15) is 0 Å². The molecule has 2 aliphatic carbocycles. The Morgan fingerprint density at radius 1 is 1.50 bits per heavy atom. The highest BCUT2D eigenvalue weighted by Crippen LogP contribution is 2.57. The Morgan fingerprint density at radius 3 is 2.81 bits per heavy atom. The average Bonchev–Trinajstić information content (AvgIpc) is 2.54. The molecule has 92 valence electrons. The predicted octanol–water partition coefficient (Wildman–Crippen LogP) is 2.65. The Morgan fingerprint density at radius 2 is 2.19 bits per heavy atom. The number of carbonyl (C=O) groups excluding carboxylic acids is 1. The topological polar surface area (TPSA) is 37.3 Å². The van der Waals surface area contributed by atoms with Crippen LogP contribution in [0.5, 0.6) is 0 Å². The molecule has 16 heavy (non-hydrogen) atoms. The molecule has 0 bridgehead atoms. The molecule has 2 nitrogen and oxygen atoms in total. The molecule has 0 unspecified atom stereocenters. The summed E-state index contributed by atoms with van der Waals surface area (Å²) in [4.78, 5) is 12.1. The maximum atomic E-state index is 12.1. The van der Waals surface area contributed by atoms with E-state index in [-0.39, 0.29) is 17.9 Å². The zero-order chi connectivity index (χ0) is 11.9. The van der Waals surface area contributed by atoms with E-state index >= 15 is 0 Å². The smallest absolute Gasteiger partial charge is 0.136 e. The van der Waals surface area contributed by atoms with Crippen LogP contribution in [0.2, 0.25) is 0 Å². The number of aliphatic hydroxyl groups excluding tert-OH is 1. The Balaban J connectivity index is 2.24. The van der Waals surface area contributed by atoms with Crippen molar-refractivity contribution in [2.45, 2.75) is 46.5 Å². The number of fused-ring (bicyclic) bond motifs is 1. The molecule has 1 N–H and O–H groups in total. The van der Waals surface area contributed by atoms with Crippen molar-refractivity contribution in [3.8, 4) is 0 Å². The van der Waals surface area contributed by atoms with Crippen LogP contribution in [-0.2, 0) is 4.79 Å². The molecule has 0 aromatic rings. The summed E-state index contributed by atoms with van der Waals surface area (Å²) >= 11 is 0. The fourth-order valence-electron chi connectivity index (χ4n) is 4.46. The quantitative estimate of drug-likeness (QED) is 0.783. The Labute approximate surface area is 98.4 Å². The van der Waals surface area contributed by atoms with Crippen molar-refractivity contribution < 1.29 is 9.90 Å². The lowest BCUT2D eigenvalue weighted by molar-refractivity contribution is -0.132. The van der Waals surface area contributed by atoms with E-state index in [9.17, 15) is 9.90 Å². The highest BCUT2D eigenvalue weighted by Gasteiger charge is 2.53. The van der Waals surface area contributed by atoms with Crippen molar-refractivity contribution in [1.82, 2.24) is 0 Å². The monoisotopic (exact) mass is 224 g/mol. The van der Waals surface area contributed by atoms with Gasteiger partial charge in [-0.25, -0.2) is 0 Å². The van der Waals surface area contributed by atoms with Crippen molar-refractivity contribution in [3.63, 3.8) is 0 Å². The van der Waals surface area contributed by atoms with Crippen LogP contribution in [0.1, 0.15) is 46.5 Å². The van der Waals surface area contributed by atoms with Crippen LogP contribution in [-0.4, -0.2) is 17.5 Å². The van der Waals surface area contributed by atoms with Gasteiger partial charge in [0.05, 0.1) is 0 Å². The van der Waals surface area contributed by atoms with Gasteiger partial charge >= 0.3 is 0 Å². The molecule has 0 heterocycles. The molecule has 0 aromatic heterocycles. The standard InChI is InChI=1S/C14H24O2/c1-9-6-13(16)12-5-4-11(10(2)8-15)14(12,3)7-9/h9-12,15H,4-8H2,1-3H3/t9-,10+,11+,12-,14+/m0/s1. The molecule has 2 saturated carbocycles. The Bertz CT molecular complexity index is 286. The third-order valence-electron chi connectivity index (χ3n) is 5.11. The summed E-state index contributed by atoms with van der Waals surface area (Å²) < 4.78 is 0. The van der Waals surface area contributed by atoms with E-state index in [0.29, 0.717) is 23.5 Å². The van der Waals surface area contributed by atoms with Crippen LogP contribution < -0.4 is 0 Å². The van der Waals surface area contributed by atoms with E-state index in [4.69, 9.17) is 0 Å². The van der Waals surface area contributed by atoms with E-state index in [2.05, 4.69) is 20.8 Å². The number of carbonyl (C=O) groups is 1. The zero-order valence-electron chi connectivity index (χ0n) is 10.7. The normalized spacial score (nSPS) is 45.5. The third-order valence-corrected chi connectivity index (χ3v) is 5.11. The molecule has 2 rings (SSSR count). The van der Waals surface area contributed by atoms with Gasteiger partial charge in [-0.3, -0.25) is 4.79 Å². The van der Waals surface area contributed by atoms with Gasteiger partial charge in [0.1, 0.15) is 5.78 Å². The molecule has 0 aromatic carbocycles. The number of Topliss-reactive ketones (excluding diaryl/α,β-unsaturated/α-hetero) is 1. The third kappa shape index (κ3) is 1.71. The molecule has 0 spiro atoms. The second-order valence-corrected chi connectivity index (χ2v) is 6.38. The van der Waals surface area contributed by atoms with E-state index in [1.807, 2.05) is 0 Å². The van der Waals surface area contributed by atoms with Crippen LogP contribution >= 0.6 is 0 Å². The first-order valence-electron chi connectivity index (χ1n) is 6.62. The minimum absolute atomic E-state index is 0.164. The molecule has 2 aliphatic rings. The van der Waals surface area contributed by atoms with Crippen molar-refractivity contribution >= 4 is 5.78 Å². The van der Waals surface area contributed by atoms with Crippen molar-refractivity contribution in [2.75, 3.05) is 6.61 Å². The maximum Gasteiger partial charge on any atom is 0.136 e. The molecular formula is C14H24O2.